The van der Waals surface area contributed by atoms with Crippen molar-refractivity contribution in [2.45, 2.75) is 31.5 Å². The zero-order valence-corrected chi connectivity index (χ0v) is 13.3. The van der Waals surface area contributed by atoms with Gasteiger partial charge >= 0.3 is 6.18 Å². The molecule has 1 aromatic rings. The molecule has 1 aliphatic rings. The lowest BCUT2D eigenvalue weighted by atomic mass is 9.98. The first kappa shape index (κ1) is 17.9. The Morgan fingerprint density at radius 3 is 2.58 bits per heavy atom. The quantitative estimate of drug-likeness (QED) is 0.834. The summed E-state index contributed by atoms with van der Waals surface area (Å²) in [7, 11) is 1.27. The molecule has 24 heavy (non-hydrogen) atoms. The van der Waals surface area contributed by atoms with Crippen LogP contribution in [0.4, 0.5) is 18.9 Å². The van der Waals surface area contributed by atoms with Crippen LogP contribution in [0.15, 0.2) is 18.2 Å². The van der Waals surface area contributed by atoms with Crippen LogP contribution in [-0.2, 0) is 11.0 Å². The Morgan fingerprint density at radius 1 is 1.42 bits per heavy atom. The number of carbonyl (C=O) groups is 1. The maximum absolute atomic E-state index is 13.1. The smallest absolute Gasteiger partial charge is 0.418 e. The van der Waals surface area contributed by atoms with Crippen molar-refractivity contribution in [2.75, 3.05) is 19.0 Å². The summed E-state index contributed by atoms with van der Waals surface area (Å²) < 4.78 is 44.1. The fourth-order valence-electron chi connectivity index (χ4n) is 2.43. The number of nitriles is 1. The molecule has 0 radical (unpaired) electrons. The van der Waals surface area contributed by atoms with Crippen LogP contribution in [0.25, 0.3) is 0 Å². The molecule has 1 amide bonds. The maximum atomic E-state index is 13.1. The zero-order valence-electron chi connectivity index (χ0n) is 13.3. The van der Waals surface area contributed by atoms with E-state index in [1.165, 1.54) is 19.2 Å². The van der Waals surface area contributed by atoms with Gasteiger partial charge in [-0.15, -0.1) is 0 Å². The van der Waals surface area contributed by atoms with Crippen LogP contribution in [0, 0.1) is 17.2 Å². The third-order valence-corrected chi connectivity index (χ3v) is 4.00. The molecule has 1 aromatic carbocycles. The SMILES string of the molecule is COc1ccc(NCC(=O)N[C@](C)(C#N)C2CC2)c(C(F)(F)F)c1. The number of rotatable bonds is 6. The van der Waals surface area contributed by atoms with Crippen LogP contribution in [0.2, 0.25) is 0 Å². The van der Waals surface area contributed by atoms with Gasteiger partial charge in [-0.2, -0.15) is 18.4 Å². The summed E-state index contributed by atoms with van der Waals surface area (Å²) in [5.41, 5.74) is -2.12. The average Bonchev–Trinajstić information content (AvgIpc) is 3.37. The van der Waals surface area contributed by atoms with Gasteiger partial charge in [-0.1, -0.05) is 0 Å². The second-order valence-electron chi connectivity index (χ2n) is 5.90. The van der Waals surface area contributed by atoms with E-state index in [9.17, 15) is 23.2 Å². The molecule has 0 bridgehead atoms. The first-order chi connectivity index (χ1) is 11.2. The number of nitrogens with one attached hydrogen (secondary N) is 2. The Balaban J connectivity index is 2.06. The minimum atomic E-state index is -4.58. The third kappa shape index (κ3) is 4.10. The molecule has 1 aliphatic carbocycles. The lowest BCUT2D eigenvalue weighted by molar-refractivity contribution is -0.137. The summed E-state index contributed by atoms with van der Waals surface area (Å²) in [6.07, 6.45) is -2.87. The molecule has 0 heterocycles. The number of halogens is 3. The highest BCUT2D eigenvalue weighted by Gasteiger charge is 2.43. The summed E-state index contributed by atoms with van der Waals surface area (Å²) in [4.78, 5) is 12.0. The molecule has 0 unspecified atom stereocenters. The number of methoxy groups -OCH3 is 1. The van der Waals surface area contributed by atoms with Gasteiger partial charge in [0.05, 0.1) is 25.3 Å². The summed E-state index contributed by atoms with van der Waals surface area (Å²) in [6.45, 7) is 1.26. The molecule has 8 heteroatoms. The fraction of sp³-hybridized carbons (Fsp3) is 0.500. The normalized spacial score (nSPS) is 16.7. The Hall–Kier alpha value is -2.43. The Bertz CT molecular complexity index is 666. The number of amides is 1. The van der Waals surface area contributed by atoms with Crippen molar-refractivity contribution in [1.82, 2.24) is 5.32 Å². The first-order valence-electron chi connectivity index (χ1n) is 7.41. The van der Waals surface area contributed by atoms with E-state index < -0.39 is 23.2 Å². The van der Waals surface area contributed by atoms with Gasteiger partial charge in [0.1, 0.15) is 11.3 Å². The first-order valence-corrected chi connectivity index (χ1v) is 7.41. The lowest BCUT2D eigenvalue weighted by Crippen LogP contribution is -2.48. The summed E-state index contributed by atoms with van der Waals surface area (Å²) in [5.74, 6) is -0.365. The monoisotopic (exact) mass is 341 g/mol. The average molecular weight is 341 g/mol. The van der Waals surface area contributed by atoms with Gasteiger partial charge in [0.2, 0.25) is 5.91 Å². The van der Waals surface area contributed by atoms with Gasteiger partial charge in [0.15, 0.2) is 0 Å². The van der Waals surface area contributed by atoms with E-state index in [2.05, 4.69) is 16.7 Å². The van der Waals surface area contributed by atoms with E-state index >= 15 is 0 Å². The van der Waals surface area contributed by atoms with Crippen molar-refractivity contribution in [3.05, 3.63) is 23.8 Å². The van der Waals surface area contributed by atoms with E-state index in [-0.39, 0.29) is 23.9 Å². The number of alkyl halides is 3. The Labute approximate surface area is 137 Å². The number of benzene rings is 1. The molecule has 0 aromatic heterocycles. The van der Waals surface area contributed by atoms with Crippen LogP contribution in [0.3, 0.4) is 0 Å². The molecule has 0 spiro atoms. The van der Waals surface area contributed by atoms with Crippen molar-refractivity contribution < 1.29 is 22.7 Å². The number of nitrogens with zero attached hydrogens (tertiary/aromatic N) is 1. The van der Waals surface area contributed by atoms with Crippen LogP contribution in [0.5, 0.6) is 5.75 Å². The molecule has 1 fully saturated rings. The van der Waals surface area contributed by atoms with Crippen LogP contribution in [0.1, 0.15) is 25.3 Å². The van der Waals surface area contributed by atoms with Gasteiger partial charge < -0.3 is 15.4 Å². The topological polar surface area (TPSA) is 74.2 Å². The highest BCUT2D eigenvalue weighted by molar-refractivity contribution is 5.82. The molecule has 0 aliphatic heterocycles. The van der Waals surface area contributed by atoms with Crippen LogP contribution < -0.4 is 15.4 Å². The molecule has 1 saturated carbocycles. The molecular formula is C16H18F3N3O2. The predicted molar refractivity (Wildman–Crippen MR) is 81.4 cm³/mol. The van der Waals surface area contributed by atoms with E-state index in [0.29, 0.717) is 0 Å². The Morgan fingerprint density at radius 2 is 2.08 bits per heavy atom. The standard InChI is InChI=1S/C16H18F3N3O2/c1-15(9-20,10-3-4-10)22-14(23)8-21-13-6-5-11(24-2)7-12(13)16(17,18)19/h5-7,10,21H,3-4,8H2,1-2H3,(H,22,23)/t15-/m1/s1. The van der Waals surface area contributed by atoms with E-state index in [1.54, 1.807) is 6.92 Å². The molecule has 2 rings (SSSR count). The summed E-state index contributed by atoms with van der Waals surface area (Å²) in [5, 5.41) is 14.3. The van der Waals surface area contributed by atoms with E-state index in [0.717, 1.165) is 18.9 Å². The molecule has 5 nitrogen and oxygen atoms in total. The minimum absolute atomic E-state index is 0.0723. The fourth-order valence-corrected chi connectivity index (χ4v) is 2.43. The van der Waals surface area contributed by atoms with E-state index in [1.807, 2.05) is 0 Å². The van der Waals surface area contributed by atoms with Gasteiger partial charge in [0.25, 0.3) is 0 Å². The number of ether oxygens (including phenoxy) is 1. The highest BCUT2D eigenvalue weighted by atomic mass is 19.4. The lowest BCUT2D eigenvalue weighted by Gasteiger charge is -2.23. The highest BCUT2D eigenvalue weighted by Crippen LogP contribution is 2.39. The van der Waals surface area contributed by atoms with E-state index in [4.69, 9.17) is 4.74 Å². The molecule has 130 valence electrons. The largest absolute Gasteiger partial charge is 0.497 e. The van der Waals surface area contributed by atoms with Crippen LogP contribution in [-0.4, -0.2) is 25.1 Å². The van der Waals surface area contributed by atoms with Gasteiger partial charge in [-0.25, -0.2) is 0 Å². The number of anilines is 1. The van der Waals surface area contributed by atoms with Gasteiger partial charge in [-0.05, 0) is 43.9 Å². The number of carbonyl (C=O) groups excluding carboxylic acids is 1. The van der Waals surface area contributed by atoms with Gasteiger partial charge in [-0.3, -0.25) is 4.79 Å². The minimum Gasteiger partial charge on any atom is -0.497 e. The number of hydrogen-bond acceptors (Lipinski definition) is 4. The maximum Gasteiger partial charge on any atom is 0.418 e. The molecular weight excluding hydrogens is 323 g/mol. The van der Waals surface area contributed by atoms with Crippen molar-refractivity contribution in [3.8, 4) is 11.8 Å². The summed E-state index contributed by atoms with van der Waals surface area (Å²) >= 11 is 0. The van der Waals surface area contributed by atoms with Crippen molar-refractivity contribution in [1.29, 1.82) is 5.26 Å². The summed E-state index contributed by atoms with van der Waals surface area (Å²) in [6, 6.07) is 5.51. The second-order valence-corrected chi connectivity index (χ2v) is 5.90. The Kier molecular flexibility index (Phi) is 4.92. The van der Waals surface area contributed by atoms with Crippen LogP contribution >= 0.6 is 0 Å². The molecule has 0 saturated heterocycles. The predicted octanol–water partition coefficient (Wildman–Crippen LogP) is 2.93. The zero-order chi connectivity index (χ0) is 18.0. The molecule has 1 atom stereocenters. The second kappa shape index (κ2) is 6.59. The van der Waals surface area contributed by atoms with Crippen molar-refractivity contribution in [2.24, 2.45) is 5.92 Å². The third-order valence-electron chi connectivity index (χ3n) is 4.00. The van der Waals surface area contributed by atoms with Crippen molar-refractivity contribution >= 4 is 11.6 Å². The molecule has 2 N–H and O–H groups in total. The van der Waals surface area contributed by atoms with Crippen molar-refractivity contribution in [3.63, 3.8) is 0 Å². The van der Waals surface area contributed by atoms with Gasteiger partial charge in [0, 0.05) is 5.69 Å². The number of hydrogen-bond donors (Lipinski definition) is 2.